The molecule has 20 heavy (non-hydrogen) atoms. The van der Waals surface area contributed by atoms with Crippen LogP contribution in [0.1, 0.15) is 34.7 Å². The van der Waals surface area contributed by atoms with Crippen molar-refractivity contribution < 1.29 is 0 Å². The van der Waals surface area contributed by atoms with Gasteiger partial charge in [-0.1, -0.05) is 0 Å². The molecule has 0 aromatic carbocycles. The zero-order valence-corrected chi connectivity index (χ0v) is 11.7. The number of hydrogen-bond donors (Lipinski definition) is 2. The van der Waals surface area contributed by atoms with Crippen LogP contribution in [0.5, 0.6) is 0 Å². The van der Waals surface area contributed by atoms with Gasteiger partial charge in [0.15, 0.2) is 0 Å². The lowest BCUT2D eigenvalue weighted by atomic mass is 9.97. The SMILES string of the molecule is O=c1[nH]c(Cc2cn[nH]c2)nc2sc3c(c12)CCCC3. The predicted octanol–water partition coefficient (Wildman–Crippen LogP) is 2.18. The first-order chi connectivity index (χ1) is 9.81. The number of aromatic nitrogens is 4. The van der Waals surface area contributed by atoms with Crippen molar-refractivity contribution in [3.05, 3.63) is 44.6 Å². The summed E-state index contributed by atoms with van der Waals surface area (Å²) < 4.78 is 0. The van der Waals surface area contributed by atoms with Crippen LogP contribution < -0.4 is 5.56 Å². The highest BCUT2D eigenvalue weighted by atomic mass is 32.1. The van der Waals surface area contributed by atoms with Crippen molar-refractivity contribution >= 4 is 21.6 Å². The van der Waals surface area contributed by atoms with E-state index < -0.39 is 0 Å². The summed E-state index contributed by atoms with van der Waals surface area (Å²) >= 11 is 1.69. The molecule has 3 aromatic rings. The molecule has 2 N–H and O–H groups in total. The summed E-state index contributed by atoms with van der Waals surface area (Å²) in [5.74, 6) is 0.711. The average Bonchev–Trinajstić information content (AvgIpc) is 3.05. The molecule has 0 saturated heterocycles. The summed E-state index contributed by atoms with van der Waals surface area (Å²) in [5.41, 5.74) is 2.27. The van der Waals surface area contributed by atoms with Gasteiger partial charge in [-0.2, -0.15) is 5.10 Å². The van der Waals surface area contributed by atoms with E-state index in [0.29, 0.717) is 12.2 Å². The molecule has 0 unspecified atom stereocenters. The highest BCUT2D eigenvalue weighted by Gasteiger charge is 2.19. The Labute approximate surface area is 119 Å². The molecule has 0 amide bonds. The molecule has 6 heteroatoms. The maximum Gasteiger partial charge on any atom is 0.259 e. The van der Waals surface area contributed by atoms with Crippen LogP contribution in [0.2, 0.25) is 0 Å². The largest absolute Gasteiger partial charge is 0.310 e. The standard InChI is InChI=1S/C14H14N4OS/c19-13-12-9-3-1-2-4-10(9)20-14(12)18-11(17-13)5-8-6-15-16-7-8/h6-7H,1-5H2,(H,15,16)(H,17,18,19). The predicted molar refractivity (Wildman–Crippen MR) is 78.3 cm³/mol. The van der Waals surface area contributed by atoms with Crippen LogP contribution in [0.4, 0.5) is 0 Å². The maximum atomic E-state index is 12.3. The van der Waals surface area contributed by atoms with Crippen molar-refractivity contribution in [1.29, 1.82) is 0 Å². The molecular formula is C14H14N4OS. The van der Waals surface area contributed by atoms with Gasteiger partial charge >= 0.3 is 0 Å². The molecule has 0 spiro atoms. The van der Waals surface area contributed by atoms with Crippen LogP contribution in [-0.4, -0.2) is 20.2 Å². The van der Waals surface area contributed by atoms with Gasteiger partial charge in [0, 0.05) is 17.5 Å². The monoisotopic (exact) mass is 286 g/mol. The molecule has 102 valence electrons. The lowest BCUT2D eigenvalue weighted by Gasteiger charge is -2.09. The first kappa shape index (κ1) is 11.8. The average molecular weight is 286 g/mol. The van der Waals surface area contributed by atoms with Gasteiger partial charge in [-0.25, -0.2) is 4.98 Å². The van der Waals surface area contributed by atoms with Crippen molar-refractivity contribution in [2.75, 3.05) is 0 Å². The Balaban J connectivity index is 1.84. The van der Waals surface area contributed by atoms with E-state index in [1.807, 2.05) is 6.20 Å². The van der Waals surface area contributed by atoms with Crippen molar-refractivity contribution in [3.63, 3.8) is 0 Å². The van der Waals surface area contributed by atoms with Gasteiger partial charge in [-0.3, -0.25) is 9.89 Å². The molecule has 5 nitrogen and oxygen atoms in total. The third kappa shape index (κ3) is 1.87. The number of rotatable bonds is 2. The molecule has 0 radical (unpaired) electrons. The Morgan fingerprint density at radius 2 is 2.20 bits per heavy atom. The Kier molecular flexibility index (Phi) is 2.70. The summed E-state index contributed by atoms with van der Waals surface area (Å²) in [6, 6.07) is 0. The number of fused-ring (bicyclic) bond motifs is 3. The van der Waals surface area contributed by atoms with Gasteiger partial charge in [0.2, 0.25) is 0 Å². The molecule has 0 atom stereocenters. The quantitative estimate of drug-likeness (QED) is 0.758. The number of nitrogens with zero attached hydrogens (tertiary/aromatic N) is 2. The molecule has 3 aromatic heterocycles. The normalized spacial score (nSPS) is 14.6. The van der Waals surface area contributed by atoms with E-state index in [1.54, 1.807) is 17.5 Å². The fraction of sp³-hybridized carbons (Fsp3) is 0.357. The van der Waals surface area contributed by atoms with E-state index in [9.17, 15) is 4.79 Å². The Hall–Kier alpha value is -1.95. The molecule has 3 heterocycles. The topological polar surface area (TPSA) is 74.4 Å². The summed E-state index contributed by atoms with van der Waals surface area (Å²) in [6.07, 6.45) is 8.68. The van der Waals surface area contributed by atoms with Gasteiger partial charge < -0.3 is 4.98 Å². The smallest absolute Gasteiger partial charge is 0.259 e. The summed E-state index contributed by atoms with van der Waals surface area (Å²) in [4.78, 5) is 22.1. The van der Waals surface area contributed by atoms with E-state index in [-0.39, 0.29) is 5.56 Å². The fourth-order valence-corrected chi connectivity index (χ4v) is 4.14. The van der Waals surface area contributed by atoms with E-state index in [0.717, 1.165) is 28.6 Å². The van der Waals surface area contributed by atoms with E-state index in [2.05, 4.69) is 20.2 Å². The first-order valence-electron chi connectivity index (χ1n) is 6.82. The summed E-state index contributed by atoms with van der Waals surface area (Å²) in [5, 5.41) is 7.51. The second-order valence-electron chi connectivity index (χ2n) is 5.19. The number of nitrogens with one attached hydrogen (secondary N) is 2. The molecule has 0 bridgehead atoms. The maximum absolute atomic E-state index is 12.3. The van der Waals surface area contributed by atoms with Crippen LogP contribution in [0, 0.1) is 0 Å². The zero-order chi connectivity index (χ0) is 13.5. The summed E-state index contributed by atoms with van der Waals surface area (Å²) in [6.45, 7) is 0. The van der Waals surface area contributed by atoms with Crippen LogP contribution in [0.15, 0.2) is 17.2 Å². The van der Waals surface area contributed by atoms with Crippen molar-refractivity contribution in [2.45, 2.75) is 32.1 Å². The van der Waals surface area contributed by atoms with Gasteiger partial charge in [-0.15, -0.1) is 11.3 Å². The Bertz CT molecular complexity index is 816. The second-order valence-corrected chi connectivity index (χ2v) is 6.27. The van der Waals surface area contributed by atoms with Crippen molar-refractivity contribution in [1.82, 2.24) is 20.2 Å². The highest BCUT2D eigenvalue weighted by Crippen LogP contribution is 2.33. The minimum atomic E-state index is 0.00731. The molecule has 0 aliphatic heterocycles. The van der Waals surface area contributed by atoms with Crippen molar-refractivity contribution in [2.24, 2.45) is 0 Å². The van der Waals surface area contributed by atoms with Crippen molar-refractivity contribution in [3.8, 4) is 0 Å². The van der Waals surface area contributed by atoms with Gasteiger partial charge in [0.25, 0.3) is 5.56 Å². The molecule has 0 saturated carbocycles. The number of thiophene rings is 1. The van der Waals surface area contributed by atoms with E-state index >= 15 is 0 Å². The first-order valence-corrected chi connectivity index (χ1v) is 7.64. The minimum absolute atomic E-state index is 0.00731. The number of H-pyrrole nitrogens is 2. The fourth-order valence-electron chi connectivity index (χ4n) is 2.86. The Morgan fingerprint density at radius 1 is 1.30 bits per heavy atom. The number of aryl methyl sites for hydroxylation is 2. The van der Waals surface area contributed by atoms with E-state index in [1.165, 1.54) is 23.3 Å². The van der Waals surface area contributed by atoms with Crippen LogP contribution >= 0.6 is 11.3 Å². The van der Waals surface area contributed by atoms with Gasteiger partial charge in [0.1, 0.15) is 10.7 Å². The van der Waals surface area contributed by atoms with E-state index in [4.69, 9.17) is 0 Å². The van der Waals surface area contributed by atoms with Gasteiger partial charge in [0.05, 0.1) is 11.6 Å². The minimum Gasteiger partial charge on any atom is -0.310 e. The highest BCUT2D eigenvalue weighted by molar-refractivity contribution is 7.18. The van der Waals surface area contributed by atoms with Gasteiger partial charge in [-0.05, 0) is 36.8 Å². The summed E-state index contributed by atoms with van der Waals surface area (Å²) in [7, 11) is 0. The zero-order valence-electron chi connectivity index (χ0n) is 10.9. The molecule has 4 rings (SSSR count). The third-order valence-corrected chi connectivity index (χ3v) is 4.99. The Morgan fingerprint density at radius 3 is 3.05 bits per heavy atom. The molecule has 1 aliphatic carbocycles. The van der Waals surface area contributed by atoms with Crippen LogP contribution in [-0.2, 0) is 19.3 Å². The molecule has 0 fully saturated rings. The lowest BCUT2D eigenvalue weighted by Crippen LogP contribution is -2.13. The third-order valence-electron chi connectivity index (χ3n) is 3.80. The van der Waals surface area contributed by atoms with Crippen LogP contribution in [0.25, 0.3) is 10.2 Å². The number of aromatic amines is 2. The second kappa shape index (κ2) is 4.56. The molecular weight excluding hydrogens is 272 g/mol. The van der Waals surface area contributed by atoms with Crippen LogP contribution in [0.3, 0.4) is 0 Å². The lowest BCUT2D eigenvalue weighted by molar-refractivity contribution is 0.700. The number of hydrogen-bond acceptors (Lipinski definition) is 4. The molecule has 1 aliphatic rings.